The first-order valence-electron chi connectivity index (χ1n) is 7.99. The zero-order chi connectivity index (χ0) is 14.9. The van der Waals surface area contributed by atoms with Crippen LogP contribution in [0.4, 0.5) is 0 Å². The van der Waals surface area contributed by atoms with Crippen LogP contribution >= 0.6 is 0 Å². The van der Waals surface area contributed by atoms with Gasteiger partial charge in [-0.1, -0.05) is 39.3 Å². The molecule has 1 aromatic rings. The van der Waals surface area contributed by atoms with E-state index in [1.807, 2.05) is 0 Å². The van der Waals surface area contributed by atoms with Crippen molar-refractivity contribution in [2.75, 3.05) is 0 Å². The number of benzene rings is 1. The van der Waals surface area contributed by atoms with E-state index in [0.717, 1.165) is 6.42 Å². The first-order chi connectivity index (χ1) is 9.15. The van der Waals surface area contributed by atoms with Gasteiger partial charge >= 0.3 is 0 Å². The van der Waals surface area contributed by atoms with Crippen LogP contribution in [0.3, 0.4) is 0 Å². The van der Waals surface area contributed by atoms with Crippen molar-refractivity contribution in [3.63, 3.8) is 0 Å². The molecule has 108 valence electrons. The first-order valence-corrected chi connectivity index (χ1v) is 7.99. The molecule has 20 heavy (non-hydrogen) atoms. The van der Waals surface area contributed by atoms with E-state index in [2.05, 4.69) is 54.5 Å². The molecule has 2 aliphatic carbocycles. The van der Waals surface area contributed by atoms with Crippen molar-refractivity contribution < 1.29 is 0 Å². The Labute approximate surface area is 124 Å². The van der Waals surface area contributed by atoms with Crippen molar-refractivity contribution in [1.29, 1.82) is 0 Å². The van der Waals surface area contributed by atoms with Gasteiger partial charge in [-0.05, 0) is 84.2 Å². The molecular weight excluding hydrogens is 240 g/mol. The van der Waals surface area contributed by atoms with E-state index < -0.39 is 0 Å². The van der Waals surface area contributed by atoms with Gasteiger partial charge < -0.3 is 0 Å². The van der Waals surface area contributed by atoms with Crippen molar-refractivity contribution in [3.05, 3.63) is 39.0 Å². The summed E-state index contributed by atoms with van der Waals surface area (Å²) in [5.41, 5.74) is 11.7. The molecule has 0 N–H and O–H groups in total. The van der Waals surface area contributed by atoms with Crippen molar-refractivity contribution in [2.24, 2.45) is 0 Å². The topological polar surface area (TPSA) is 0 Å². The third kappa shape index (κ3) is 1.73. The Morgan fingerprint density at radius 3 is 1.85 bits per heavy atom. The van der Waals surface area contributed by atoms with Crippen LogP contribution in [0.1, 0.15) is 80.8 Å². The second-order valence-electron chi connectivity index (χ2n) is 8.33. The van der Waals surface area contributed by atoms with Gasteiger partial charge in [-0.15, -0.1) is 0 Å². The maximum absolute atomic E-state index is 2.44. The van der Waals surface area contributed by atoms with Crippen LogP contribution in [0, 0.1) is 13.8 Å². The van der Waals surface area contributed by atoms with Crippen molar-refractivity contribution in [1.82, 2.24) is 0 Å². The maximum atomic E-state index is 2.44. The Morgan fingerprint density at radius 2 is 1.30 bits per heavy atom. The molecule has 0 unspecified atom stereocenters. The zero-order valence-electron chi connectivity index (χ0n) is 14.2. The van der Waals surface area contributed by atoms with Gasteiger partial charge in [-0.25, -0.2) is 0 Å². The highest BCUT2D eigenvalue weighted by Crippen LogP contribution is 2.51. The van der Waals surface area contributed by atoms with Gasteiger partial charge in [0.2, 0.25) is 0 Å². The van der Waals surface area contributed by atoms with E-state index in [-0.39, 0.29) is 0 Å². The van der Waals surface area contributed by atoms with E-state index in [1.165, 1.54) is 24.0 Å². The molecule has 0 spiro atoms. The number of hydrogen-bond acceptors (Lipinski definition) is 0. The third-order valence-electron chi connectivity index (χ3n) is 5.76. The third-order valence-corrected chi connectivity index (χ3v) is 5.76. The zero-order valence-corrected chi connectivity index (χ0v) is 14.2. The molecule has 0 amide bonds. The summed E-state index contributed by atoms with van der Waals surface area (Å²) in [6, 6.07) is 0. The Morgan fingerprint density at radius 1 is 0.800 bits per heavy atom. The standard InChI is InChI=1S/C20H28/c1-12-10-15-13(2)17-18(14(3)16(15)11-12)20(6,7)9-8-19(17,4)5/h10H,8-9,11H2,1-7H3. The molecule has 0 saturated carbocycles. The van der Waals surface area contributed by atoms with Gasteiger partial charge in [0.1, 0.15) is 0 Å². The van der Waals surface area contributed by atoms with Crippen LogP contribution in [0.25, 0.3) is 6.08 Å². The quantitative estimate of drug-likeness (QED) is 0.573. The highest BCUT2D eigenvalue weighted by molar-refractivity contribution is 5.72. The molecule has 0 bridgehead atoms. The fraction of sp³-hybridized carbons (Fsp3) is 0.600. The minimum atomic E-state index is 0.319. The average molecular weight is 268 g/mol. The predicted molar refractivity (Wildman–Crippen MR) is 88.6 cm³/mol. The highest BCUT2D eigenvalue weighted by atomic mass is 14.4. The number of fused-ring (bicyclic) bond motifs is 2. The molecule has 0 heterocycles. The lowest BCUT2D eigenvalue weighted by molar-refractivity contribution is 0.328. The fourth-order valence-corrected chi connectivity index (χ4v) is 4.66. The van der Waals surface area contributed by atoms with Gasteiger partial charge in [-0.2, -0.15) is 0 Å². The fourth-order valence-electron chi connectivity index (χ4n) is 4.66. The summed E-state index contributed by atoms with van der Waals surface area (Å²) in [6.07, 6.45) is 6.19. The van der Waals surface area contributed by atoms with E-state index in [1.54, 1.807) is 27.8 Å². The lowest BCUT2D eigenvalue weighted by Gasteiger charge is -2.44. The molecule has 0 atom stereocenters. The largest absolute Gasteiger partial charge is 0.0683 e. The monoisotopic (exact) mass is 268 g/mol. The summed E-state index contributed by atoms with van der Waals surface area (Å²) in [6.45, 7) is 16.7. The number of rotatable bonds is 0. The van der Waals surface area contributed by atoms with Gasteiger partial charge in [-0.3, -0.25) is 0 Å². The normalized spacial score (nSPS) is 22.2. The van der Waals surface area contributed by atoms with Crippen LogP contribution in [-0.2, 0) is 17.3 Å². The Kier molecular flexibility index (Phi) is 2.78. The van der Waals surface area contributed by atoms with Crippen LogP contribution in [0.2, 0.25) is 0 Å². The van der Waals surface area contributed by atoms with E-state index >= 15 is 0 Å². The Bertz CT molecular complexity index is 624. The molecule has 0 aliphatic heterocycles. The Hall–Kier alpha value is -1.04. The average Bonchev–Trinajstić information content (AvgIpc) is 2.72. The van der Waals surface area contributed by atoms with Gasteiger partial charge in [0.15, 0.2) is 0 Å². The number of hydrogen-bond donors (Lipinski definition) is 0. The SMILES string of the molecule is CC1=Cc2c(C)c3c(c(C)c2C1)C(C)(C)CCC3(C)C. The summed E-state index contributed by atoms with van der Waals surface area (Å²) in [4.78, 5) is 0. The first kappa shape index (κ1) is 13.9. The summed E-state index contributed by atoms with van der Waals surface area (Å²) in [5.74, 6) is 0. The molecule has 0 saturated heterocycles. The van der Waals surface area contributed by atoms with Crippen molar-refractivity contribution >= 4 is 6.08 Å². The van der Waals surface area contributed by atoms with Gasteiger partial charge in [0.05, 0.1) is 0 Å². The molecular formula is C20H28. The molecule has 1 aromatic carbocycles. The minimum absolute atomic E-state index is 0.319. The van der Waals surface area contributed by atoms with Crippen LogP contribution < -0.4 is 0 Å². The van der Waals surface area contributed by atoms with E-state index in [0.29, 0.717) is 10.8 Å². The highest BCUT2D eigenvalue weighted by Gasteiger charge is 2.41. The summed E-state index contributed by atoms with van der Waals surface area (Å²) in [5, 5.41) is 0. The van der Waals surface area contributed by atoms with Crippen molar-refractivity contribution in [3.8, 4) is 0 Å². The van der Waals surface area contributed by atoms with Crippen molar-refractivity contribution in [2.45, 2.75) is 78.6 Å². The lowest BCUT2D eigenvalue weighted by atomic mass is 9.60. The Balaban J connectivity index is 2.41. The smallest absolute Gasteiger partial charge is 0.00578 e. The van der Waals surface area contributed by atoms with Crippen LogP contribution in [0.5, 0.6) is 0 Å². The molecule has 0 radical (unpaired) electrons. The summed E-state index contributed by atoms with van der Waals surface area (Å²) < 4.78 is 0. The summed E-state index contributed by atoms with van der Waals surface area (Å²) in [7, 11) is 0. The maximum Gasteiger partial charge on any atom is -0.00578 e. The molecule has 0 heteroatoms. The predicted octanol–water partition coefficient (Wildman–Crippen LogP) is 5.61. The van der Waals surface area contributed by atoms with E-state index in [9.17, 15) is 0 Å². The molecule has 2 aliphatic rings. The number of allylic oxidation sites excluding steroid dienone is 1. The lowest BCUT2D eigenvalue weighted by Crippen LogP contribution is -2.36. The van der Waals surface area contributed by atoms with Crippen LogP contribution in [-0.4, -0.2) is 0 Å². The molecule has 0 aromatic heterocycles. The van der Waals surface area contributed by atoms with Crippen LogP contribution in [0.15, 0.2) is 5.57 Å². The van der Waals surface area contributed by atoms with Gasteiger partial charge in [0, 0.05) is 0 Å². The minimum Gasteiger partial charge on any atom is -0.0683 e. The second-order valence-corrected chi connectivity index (χ2v) is 8.33. The molecule has 0 nitrogen and oxygen atoms in total. The van der Waals surface area contributed by atoms with E-state index in [4.69, 9.17) is 0 Å². The molecule has 3 rings (SSSR count). The van der Waals surface area contributed by atoms with Gasteiger partial charge in [0.25, 0.3) is 0 Å². The summed E-state index contributed by atoms with van der Waals surface area (Å²) >= 11 is 0. The molecule has 0 fully saturated rings. The second kappa shape index (κ2) is 4.00.